The molecule has 2 unspecified atom stereocenters. The number of carbonyl (C=O) groups is 3. The Balaban J connectivity index is 1.49. The molecule has 0 aliphatic carbocycles. The number of nitrogens with one attached hydrogen (secondary N) is 2. The summed E-state index contributed by atoms with van der Waals surface area (Å²) in [6.45, 7) is 8.36. The highest BCUT2D eigenvalue weighted by atomic mass is 16.5. The van der Waals surface area contributed by atoms with Gasteiger partial charge in [-0.15, -0.1) is 0 Å². The molecule has 5 atom stereocenters. The van der Waals surface area contributed by atoms with Crippen molar-refractivity contribution in [1.29, 1.82) is 0 Å². The lowest BCUT2D eigenvalue weighted by atomic mass is 9.65. The van der Waals surface area contributed by atoms with Crippen molar-refractivity contribution < 1.29 is 29.0 Å². The molecule has 9 nitrogen and oxygen atoms in total. The molecule has 3 saturated heterocycles. The van der Waals surface area contributed by atoms with Crippen LogP contribution in [0.25, 0.3) is 0 Å². The molecule has 2 bridgehead atoms. The van der Waals surface area contributed by atoms with Gasteiger partial charge in [-0.3, -0.25) is 14.4 Å². The molecular weight excluding hydrogens is 510 g/mol. The minimum atomic E-state index is -1.12. The number of ether oxygens (including phenoxy) is 2. The maximum absolute atomic E-state index is 14.1. The highest BCUT2D eigenvalue weighted by molar-refractivity contribution is 6.05. The number of hydrogen-bond donors (Lipinski definition) is 3. The molecule has 1 spiro atoms. The Hall–Kier alpha value is -3.43. The van der Waals surface area contributed by atoms with Gasteiger partial charge in [-0.25, -0.2) is 0 Å². The third-order valence-corrected chi connectivity index (χ3v) is 8.93. The minimum Gasteiger partial charge on any atom is -0.494 e. The van der Waals surface area contributed by atoms with Crippen LogP contribution in [0.2, 0.25) is 0 Å². The normalized spacial score (nSPS) is 28.5. The predicted molar refractivity (Wildman–Crippen MR) is 151 cm³/mol. The van der Waals surface area contributed by atoms with Crippen LogP contribution in [0.3, 0.4) is 0 Å². The second-order valence-electron chi connectivity index (χ2n) is 11.1. The van der Waals surface area contributed by atoms with Crippen LogP contribution in [0.5, 0.6) is 5.75 Å². The van der Waals surface area contributed by atoms with Crippen molar-refractivity contribution in [3.05, 3.63) is 53.6 Å². The first-order chi connectivity index (χ1) is 19.2. The molecule has 3 heterocycles. The maximum Gasteiger partial charge on any atom is 0.250 e. The van der Waals surface area contributed by atoms with E-state index in [0.29, 0.717) is 49.4 Å². The minimum absolute atomic E-state index is 0.117. The van der Waals surface area contributed by atoms with Gasteiger partial charge < -0.3 is 30.1 Å². The van der Waals surface area contributed by atoms with Gasteiger partial charge >= 0.3 is 0 Å². The number of nitrogens with zero attached hydrogens (tertiary/aromatic N) is 1. The summed E-state index contributed by atoms with van der Waals surface area (Å²) in [5, 5.41) is 15.7. The third-order valence-electron chi connectivity index (χ3n) is 8.93. The van der Waals surface area contributed by atoms with Gasteiger partial charge in [0.15, 0.2) is 0 Å². The first kappa shape index (κ1) is 28.1. The fourth-order valence-corrected chi connectivity index (χ4v) is 7.12. The number of para-hydroxylation sites is 1. The molecule has 3 N–H and O–H groups in total. The summed E-state index contributed by atoms with van der Waals surface area (Å²) < 4.78 is 12.3. The molecule has 214 valence electrons. The van der Waals surface area contributed by atoms with E-state index < -0.39 is 29.1 Å². The smallest absolute Gasteiger partial charge is 0.250 e. The first-order valence-electron chi connectivity index (χ1n) is 14.2. The SMILES string of the molecule is CCOc1ccc(NC(=O)[C@@H]2[C@H]3C(=O)N(CCCO)C(C(=O)Nc4c(C)cccc4C)C34CC[C@@]2(CC)O4)cc1. The molecule has 0 saturated carbocycles. The van der Waals surface area contributed by atoms with Crippen molar-refractivity contribution in [2.45, 2.75) is 70.6 Å². The number of hydrogen-bond acceptors (Lipinski definition) is 6. The lowest BCUT2D eigenvalue weighted by Gasteiger charge is -2.34. The molecule has 3 fully saturated rings. The Kier molecular flexibility index (Phi) is 7.63. The highest BCUT2D eigenvalue weighted by Crippen LogP contribution is 2.64. The molecule has 2 aromatic rings. The van der Waals surface area contributed by atoms with Gasteiger partial charge in [-0.2, -0.15) is 0 Å². The Morgan fingerprint density at radius 1 is 1.05 bits per heavy atom. The van der Waals surface area contributed by atoms with Gasteiger partial charge in [0.05, 0.1) is 24.0 Å². The summed E-state index contributed by atoms with van der Waals surface area (Å²) in [6, 6.07) is 12.0. The van der Waals surface area contributed by atoms with E-state index in [2.05, 4.69) is 10.6 Å². The molecule has 2 aromatic carbocycles. The molecular formula is C31H39N3O6. The van der Waals surface area contributed by atoms with E-state index in [0.717, 1.165) is 11.1 Å². The summed E-state index contributed by atoms with van der Waals surface area (Å²) in [5.74, 6) is -1.72. The zero-order valence-corrected chi connectivity index (χ0v) is 23.7. The molecule has 5 rings (SSSR count). The van der Waals surface area contributed by atoms with E-state index in [4.69, 9.17) is 9.47 Å². The second kappa shape index (κ2) is 10.9. The van der Waals surface area contributed by atoms with Crippen molar-refractivity contribution in [3.63, 3.8) is 0 Å². The monoisotopic (exact) mass is 549 g/mol. The molecule has 3 aliphatic heterocycles. The number of amides is 3. The van der Waals surface area contributed by atoms with Crippen molar-refractivity contribution in [1.82, 2.24) is 4.90 Å². The van der Waals surface area contributed by atoms with Gasteiger partial charge in [0.1, 0.15) is 17.4 Å². The average molecular weight is 550 g/mol. The number of rotatable bonds is 10. The standard InChI is InChI=1S/C31H39N3O6/c1-5-30-15-16-31(40-30)24(23(30)27(36)32-21-11-13-22(14-12-21)39-6-2)29(38)34(17-8-18-35)26(31)28(37)33-25-19(3)9-7-10-20(25)4/h7,9-14,23-24,26,35H,5-6,8,15-18H2,1-4H3,(H,32,36)(H,33,37)/t23-,24-,26?,30+,31?/m0/s1. The van der Waals surface area contributed by atoms with Crippen molar-refractivity contribution >= 4 is 29.1 Å². The number of aliphatic hydroxyl groups excluding tert-OH is 1. The van der Waals surface area contributed by atoms with Gasteiger partial charge in [0, 0.05) is 24.5 Å². The summed E-state index contributed by atoms with van der Waals surface area (Å²) in [4.78, 5) is 43.6. The number of carbonyl (C=O) groups excluding carboxylic acids is 3. The Labute approximate surface area is 235 Å². The van der Waals surface area contributed by atoms with Crippen LogP contribution in [0.4, 0.5) is 11.4 Å². The molecule has 9 heteroatoms. The van der Waals surface area contributed by atoms with Gasteiger partial charge in [0.2, 0.25) is 17.7 Å². The zero-order chi connectivity index (χ0) is 28.7. The summed E-state index contributed by atoms with van der Waals surface area (Å²) >= 11 is 0. The number of anilines is 2. The average Bonchev–Trinajstić information content (AvgIpc) is 3.54. The van der Waals surface area contributed by atoms with E-state index >= 15 is 0 Å². The van der Waals surface area contributed by atoms with E-state index in [-0.39, 0.29) is 30.9 Å². The van der Waals surface area contributed by atoms with Gasteiger partial charge in [-0.1, -0.05) is 25.1 Å². The Morgan fingerprint density at radius 2 is 1.75 bits per heavy atom. The largest absolute Gasteiger partial charge is 0.494 e. The van der Waals surface area contributed by atoms with E-state index in [1.54, 1.807) is 24.3 Å². The van der Waals surface area contributed by atoms with E-state index in [1.807, 2.05) is 45.9 Å². The zero-order valence-electron chi connectivity index (χ0n) is 23.7. The van der Waals surface area contributed by atoms with Crippen LogP contribution in [0.1, 0.15) is 50.7 Å². The number of fused-ring (bicyclic) bond motifs is 1. The summed E-state index contributed by atoms with van der Waals surface area (Å²) in [5.41, 5.74) is 1.19. The number of aliphatic hydroxyl groups is 1. The fraction of sp³-hybridized carbons (Fsp3) is 0.516. The Bertz CT molecular complexity index is 1280. The van der Waals surface area contributed by atoms with Crippen LogP contribution in [0, 0.1) is 25.7 Å². The summed E-state index contributed by atoms with van der Waals surface area (Å²) in [6.07, 6.45) is 1.95. The highest BCUT2D eigenvalue weighted by Gasteiger charge is 2.78. The molecule has 0 radical (unpaired) electrons. The lowest BCUT2D eigenvalue weighted by molar-refractivity contribution is -0.144. The molecule has 3 aliphatic rings. The number of benzene rings is 2. The van der Waals surface area contributed by atoms with E-state index in [9.17, 15) is 19.5 Å². The number of aryl methyl sites for hydroxylation is 2. The van der Waals surface area contributed by atoms with Crippen LogP contribution >= 0.6 is 0 Å². The van der Waals surface area contributed by atoms with Crippen LogP contribution < -0.4 is 15.4 Å². The van der Waals surface area contributed by atoms with Crippen molar-refractivity contribution in [2.75, 3.05) is 30.4 Å². The van der Waals surface area contributed by atoms with Crippen LogP contribution in [-0.4, -0.2) is 64.7 Å². The first-order valence-corrected chi connectivity index (χ1v) is 14.2. The van der Waals surface area contributed by atoms with Crippen LogP contribution in [-0.2, 0) is 19.1 Å². The van der Waals surface area contributed by atoms with Crippen LogP contribution in [0.15, 0.2) is 42.5 Å². The van der Waals surface area contributed by atoms with Crippen molar-refractivity contribution in [2.24, 2.45) is 11.8 Å². The second-order valence-corrected chi connectivity index (χ2v) is 11.1. The maximum atomic E-state index is 14.1. The molecule has 0 aromatic heterocycles. The van der Waals surface area contributed by atoms with Crippen molar-refractivity contribution in [3.8, 4) is 5.75 Å². The Morgan fingerprint density at radius 3 is 2.38 bits per heavy atom. The lowest BCUT2D eigenvalue weighted by Crippen LogP contribution is -2.53. The van der Waals surface area contributed by atoms with Gasteiger partial charge in [0.25, 0.3) is 0 Å². The summed E-state index contributed by atoms with van der Waals surface area (Å²) in [7, 11) is 0. The topological polar surface area (TPSA) is 117 Å². The quantitative estimate of drug-likeness (QED) is 0.415. The fourth-order valence-electron chi connectivity index (χ4n) is 7.12. The van der Waals surface area contributed by atoms with E-state index in [1.165, 1.54) is 4.90 Å². The molecule has 3 amide bonds. The molecule has 40 heavy (non-hydrogen) atoms. The third kappa shape index (κ3) is 4.45. The number of likely N-dealkylation sites (tertiary alicyclic amines) is 1. The predicted octanol–water partition coefficient (Wildman–Crippen LogP) is 3.82. The van der Waals surface area contributed by atoms with Gasteiger partial charge in [-0.05, 0) is 81.8 Å².